The van der Waals surface area contributed by atoms with Crippen molar-refractivity contribution < 1.29 is 21.5 Å². The summed E-state index contributed by atoms with van der Waals surface area (Å²) in [6, 6.07) is 0. The first-order valence-electron chi connectivity index (χ1n) is 6.07. The van der Waals surface area contributed by atoms with Crippen LogP contribution >= 0.6 is 0 Å². The predicted molar refractivity (Wildman–Crippen MR) is 81.4 cm³/mol. The van der Waals surface area contributed by atoms with Crippen molar-refractivity contribution in [2.75, 3.05) is 6.30 Å². The van der Waals surface area contributed by atoms with Crippen LogP contribution in [-0.4, -0.2) is 45.1 Å². The van der Waals surface area contributed by atoms with Gasteiger partial charge in [0, 0.05) is 0 Å². The van der Waals surface area contributed by atoms with E-state index < -0.39 is 40.3 Å². The quantitative estimate of drug-likeness (QED) is 0.729. The molecule has 1 N–H and O–H groups in total. The molecule has 0 atom stereocenters. The smallest absolute Gasteiger partial charge is 0.320 e. The van der Waals surface area contributed by atoms with Crippen molar-refractivity contribution in [2.45, 2.75) is 52.4 Å². The molecule has 0 radical (unpaired) electrons. The highest BCUT2D eigenvalue weighted by molar-refractivity contribution is 6.88. The largest absolute Gasteiger partial charge is 0.434 e. The highest BCUT2D eigenvalue weighted by Crippen LogP contribution is 2.23. The van der Waals surface area contributed by atoms with Crippen LogP contribution in [0, 0.1) is 0 Å². The van der Waals surface area contributed by atoms with Crippen molar-refractivity contribution in [1.29, 1.82) is 0 Å². The molecule has 0 aliphatic heterocycles. The summed E-state index contributed by atoms with van der Waals surface area (Å²) in [5.74, 6) is 0. The molecule has 0 aromatic heterocycles. The van der Waals surface area contributed by atoms with Crippen LogP contribution in [0.5, 0.6) is 0 Å². The van der Waals surface area contributed by atoms with E-state index in [2.05, 4.69) is 0 Å². The van der Waals surface area contributed by atoms with Gasteiger partial charge in [-0.2, -0.15) is 0 Å². The minimum absolute atomic E-state index is 0.421. The van der Waals surface area contributed by atoms with Crippen LogP contribution in [0.4, 0.5) is 4.39 Å². The van der Waals surface area contributed by atoms with Crippen molar-refractivity contribution in [3.8, 4) is 0 Å². The Morgan fingerprint density at radius 2 is 1.17 bits per heavy atom. The van der Waals surface area contributed by atoms with Crippen LogP contribution in [0.1, 0.15) is 0 Å². The second-order valence-electron chi connectivity index (χ2n) is 6.45. The molecular weight excluding hydrogens is 303 g/mol. The highest BCUT2D eigenvalue weighted by Gasteiger charge is 2.43. The van der Waals surface area contributed by atoms with E-state index in [1.54, 1.807) is 13.1 Å². The normalized spacial score (nSPS) is 15.0. The van der Waals surface area contributed by atoms with Gasteiger partial charge in [0.1, 0.15) is 6.30 Å². The van der Waals surface area contributed by atoms with Gasteiger partial charge in [-0.15, -0.1) is 0 Å². The van der Waals surface area contributed by atoms with Gasteiger partial charge in [0.15, 0.2) is 0 Å². The van der Waals surface area contributed by atoms with Gasteiger partial charge in [-0.25, -0.2) is 0 Å². The summed E-state index contributed by atoms with van der Waals surface area (Å²) < 4.78 is 30.5. The van der Waals surface area contributed by atoms with Crippen molar-refractivity contribution in [2.24, 2.45) is 0 Å². The molecule has 0 bridgehead atoms. The Morgan fingerprint density at radius 1 is 0.778 bits per heavy atom. The minimum atomic E-state index is -2.62. The molecule has 18 heavy (non-hydrogen) atoms. The van der Waals surface area contributed by atoms with E-state index in [0.717, 1.165) is 0 Å². The molecule has 0 saturated heterocycles. The lowest BCUT2D eigenvalue weighted by Gasteiger charge is -2.39. The molecule has 0 aromatic rings. The van der Waals surface area contributed by atoms with E-state index in [0.29, 0.717) is 0 Å². The topological polar surface area (TPSA) is 47.9 Å². The second kappa shape index (κ2) is 5.95. The molecule has 0 aliphatic rings. The maximum Gasteiger partial charge on any atom is 0.320 e. The monoisotopic (exact) mass is 330 g/mol. The lowest BCUT2D eigenvalue weighted by Crippen LogP contribution is -2.57. The van der Waals surface area contributed by atoms with Gasteiger partial charge in [0.25, 0.3) is 0 Å². The zero-order valence-electron chi connectivity index (χ0n) is 12.8. The van der Waals surface area contributed by atoms with Crippen LogP contribution in [-0.2, 0) is 12.3 Å². The number of rotatable bonds is 7. The lowest BCUT2D eigenvalue weighted by atomic mass is 11.8. The Kier molecular flexibility index (Phi) is 6.16. The number of hydrogen-bond acceptors (Lipinski definition) is 4. The third-order valence-corrected chi connectivity index (χ3v) is 14.5. The maximum atomic E-state index is 12.9. The Bertz CT molecular complexity index is 278. The minimum Gasteiger partial charge on any atom is -0.434 e. The zero-order valence-corrected chi connectivity index (χ0v) is 16.8. The molecular formula is C9H27FO4Si4. The second-order valence-corrected chi connectivity index (χ2v) is 21.2. The van der Waals surface area contributed by atoms with E-state index in [1.807, 2.05) is 39.3 Å². The first-order chi connectivity index (χ1) is 7.68. The Balaban J connectivity index is 4.66. The van der Waals surface area contributed by atoms with E-state index in [-0.39, 0.29) is 0 Å². The summed E-state index contributed by atoms with van der Waals surface area (Å²) >= 11 is 0. The van der Waals surface area contributed by atoms with Crippen molar-refractivity contribution in [3.05, 3.63) is 0 Å². The average Bonchev–Trinajstić information content (AvgIpc) is 1.93. The van der Waals surface area contributed by atoms with Gasteiger partial charge in [0.2, 0.25) is 8.32 Å². The lowest BCUT2D eigenvalue weighted by molar-refractivity contribution is 0.293. The summed E-state index contributed by atoms with van der Waals surface area (Å²) in [6.07, 6.45) is -0.421. The van der Waals surface area contributed by atoms with Crippen molar-refractivity contribution >= 4 is 34.0 Å². The summed E-state index contributed by atoms with van der Waals surface area (Å²) in [5, 5.41) is 0. The van der Waals surface area contributed by atoms with Gasteiger partial charge in [-0.1, -0.05) is 0 Å². The molecule has 0 rings (SSSR count). The van der Waals surface area contributed by atoms with Crippen LogP contribution in [0.15, 0.2) is 0 Å². The van der Waals surface area contributed by atoms with Gasteiger partial charge < -0.3 is 17.1 Å². The first kappa shape index (κ1) is 18.6. The molecule has 9 heteroatoms. The predicted octanol–water partition coefficient (Wildman–Crippen LogP) is 2.85. The average molecular weight is 331 g/mol. The van der Waals surface area contributed by atoms with Crippen molar-refractivity contribution in [3.63, 3.8) is 0 Å². The third kappa shape index (κ3) is 8.69. The summed E-state index contributed by atoms with van der Waals surface area (Å²) in [4.78, 5) is 9.82. The third-order valence-electron chi connectivity index (χ3n) is 1.83. The number of halogens is 1. The van der Waals surface area contributed by atoms with Crippen LogP contribution in [0.25, 0.3) is 0 Å². The number of alkyl halides is 1. The molecule has 0 unspecified atom stereocenters. The first-order valence-corrected chi connectivity index (χ1v) is 17.7. The van der Waals surface area contributed by atoms with Gasteiger partial charge in [-0.05, 0) is 52.4 Å². The fourth-order valence-corrected chi connectivity index (χ4v) is 18.1. The summed E-state index contributed by atoms with van der Waals surface area (Å²) in [6.45, 7) is 14.7. The van der Waals surface area contributed by atoms with Gasteiger partial charge in [0.05, 0.1) is 0 Å². The van der Waals surface area contributed by atoms with Crippen LogP contribution in [0.3, 0.4) is 0 Å². The summed E-state index contributed by atoms with van der Waals surface area (Å²) in [7, 11) is -9.77. The maximum absolute atomic E-state index is 12.9. The zero-order chi connectivity index (χ0) is 14.8. The molecule has 0 amide bonds. The van der Waals surface area contributed by atoms with E-state index in [4.69, 9.17) is 12.3 Å². The molecule has 0 heterocycles. The highest BCUT2D eigenvalue weighted by atomic mass is 28.5. The number of hydrogen-bond donors (Lipinski definition) is 1. The molecule has 110 valence electrons. The Morgan fingerprint density at radius 3 is 1.50 bits per heavy atom. The molecule has 0 aliphatic carbocycles. The molecule has 0 saturated carbocycles. The molecule has 0 spiro atoms. The van der Waals surface area contributed by atoms with E-state index in [1.165, 1.54) is 0 Å². The van der Waals surface area contributed by atoms with Gasteiger partial charge in [-0.3, -0.25) is 4.39 Å². The van der Waals surface area contributed by atoms with Crippen molar-refractivity contribution in [1.82, 2.24) is 0 Å². The van der Waals surface area contributed by atoms with Crippen LogP contribution in [0.2, 0.25) is 52.4 Å². The van der Waals surface area contributed by atoms with E-state index in [9.17, 15) is 9.19 Å². The van der Waals surface area contributed by atoms with Gasteiger partial charge >= 0.3 is 25.7 Å². The fourth-order valence-electron chi connectivity index (χ4n) is 1.93. The fraction of sp³-hybridized carbons (Fsp3) is 1.00. The SMILES string of the molecule is C[Si](C)(O)O[Si](C)(C)O[Si](C)(C)O[Si](C)(C)CF. The van der Waals surface area contributed by atoms with Crippen LogP contribution < -0.4 is 0 Å². The molecule has 0 aromatic carbocycles. The van der Waals surface area contributed by atoms with E-state index >= 15 is 0 Å². The molecule has 0 fully saturated rings. The Labute approximate surface area is 114 Å². The summed E-state index contributed by atoms with van der Waals surface area (Å²) in [5.41, 5.74) is 0. The Hall–Kier alpha value is 0.638. The standard InChI is InChI=1S/C9H27FO4Si4/c1-15(2,9-10)12-17(5,6)14-18(7,8)13-16(3,4)11/h11H,9H2,1-8H3. The molecule has 4 nitrogen and oxygen atoms in total.